The normalized spacial score (nSPS) is 26.5. The van der Waals surface area contributed by atoms with Crippen LogP contribution in [-0.2, 0) is 4.74 Å². The third-order valence-corrected chi connectivity index (χ3v) is 1.56. The SMILES string of the molecule is CNN1CCOCC(F)(F)C1. The van der Waals surface area contributed by atoms with Gasteiger partial charge in [0, 0.05) is 6.54 Å². The number of alkyl halides is 2. The van der Waals surface area contributed by atoms with Crippen LogP contribution in [0.1, 0.15) is 0 Å². The molecule has 0 atom stereocenters. The van der Waals surface area contributed by atoms with E-state index in [4.69, 9.17) is 4.74 Å². The van der Waals surface area contributed by atoms with Crippen molar-refractivity contribution in [2.45, 2.75) is 5.92 Å². The van der Waals surface area contributed by atoms with E-state index in [9.17, 15) is 8.78 Å². The molecule has 0 saturated carbocycles. The van der Waals surface area contributed by atoms with Gasteiger partial charge in [-0.2, -0.15) is 0 Å². The van der Waals surface area contributed by atoms with Crippen LogP contribution in [0.2, 0.25) is 0 Å². The van der Waals surface area contributed by atoms with Gasteiger partial charge in [0.15, 0.2) is 0 Å². The van der Waals surface area contributed by atoms with E-state index in [1.54, 1.807) is 7.05 Å². The highest BCUT2D eigenvalue weighted by Crippen LogP contribution is 2.16. The molecule has 0 aliphatic carbocycles. The molecule has 1 N–H and O–H groups in total. The summed E-state index contributed by atoms with van der Waals surface area (Å²) < 4.78 is 30.1. The third kappa shape index (κ3) is 2.69. The summed E-state index contributed by atoms with van der Waals surface area (Å²) in [4.78, 5) is 0. The Morgan fingerprint density at radius 3 is 2.91 bits per heavy atom. The predicted octanol–water partition coefficient (Wildman–Crippen LogP) is 0.0883. The van der Waals surface area contributed by atoms with E-state index in [2.05, 4.69) is 5.43 Å². The monoisotopic (exact) mass is 166 g/mol. The van der Waals surface area contributed by atoms with Gasteiger partial charge in [-0.1, -0.05) is 0 Å². The number of nitrogens with one attached hydrogen (secondary N) is 1. The van der Waals surface area contributed by atoms with Gasteiger partial charge in [0.2, 0.25) is 0 Å². The zero-order valence-corrected chi connectivity index (χ0v) is 6.44. The van der Waals surface area contributed by atoms with Crippen LogP contribution in [0.5, 0.6) is 0 Å². The van der Waals surface area contributed by atoms with Crippen molar-refractivity contribution >= 4 is 0 Å². The number of hydrogen-bond acceptors (Lipinski definition) is 3. The number of hydrazine groups is 1. The first-order valence-corrected chi connectivity index (χ1v) is 3.52. The molecular weight excluding hydrogens is 154 g/mol. The van der Waals surface area contributed by atoms with Crippen LogP contribution in [0.25, 0.3) is 0 Å². The van der Waals surface area contributed by atoms with Crippen molar-refractivity contribution in [1.29, 1.82) is 0 Å². The Bertz CT molecular complexity index is 132. The summed E-state index contributed by atoms with van der Waals surface area (Å²) in [7, 11) is 1.63. The fourth-order valence-corrected chi connectivity index (χ4v) is 0.991. The molecule has 0 aromatic carbocycles. The van der Waals surface area contributed by atoms with E-state index in [0.717, 1.165) is 0 Å². The lowest BCUT2D eigenvalue weighted by Crippen LogP contribution is -2.43. The molecule has 5 heteroatoms. The molecule has 1 rings (SSSR count). The van der Waals surface area contributed by atoms with Gasteiger partial charge in [0.25, 0.3) is 5.92 Å². The zero-order valence-electron chi connectivity index (χ0n) is 6.44. The van der Waals surface area contributed by atoms with E-state index in [0.29, 0.717) is 13.2 Å². The van der Waals surface area contributed by atoms with Crippen molar-refractivity contribution in [2.75, 3.05) is 33.4 Å². The summed E-state index contributed by atoms with van der Waals surface area (Å²) in [6.45, 7) is 0.122. The van der Waals surface area contributed by atoms with Crippen molar-refractivity contribution in [2.24, 2.45) is 0 Å². The second kappa shape index (κ2) is 3.42. The molecule has 0 amide bonds. The zero-order chi connectivity index (χ0) is 8.32. The van der Waals surface area contributed by atoms with E-state index in [-0.39, 0.29) is 6.54 Å². The first kappa shape index (κ1) is 8.83. The first-order chi connectivity index (χ1) is 5.14. The second-order valence-electron chi connectivity index (χ2n) is 2.55. The lowest BCUT2D eigenvalue weighted by atomic mass is 10.3. The lowest BCUT2D eigenvalue weighted by Gasteiger charge is -2.21. The van der Waals surface area contributed by atoms with Crippen LogP contribution in [0.4, 0.5) is 8.78 Å². The summed E-state index contributed by atoms with van der Waals surface area (Å²) in [5, 5.41) is 1.45. The number of rotatable bonds is 1. The molecule has 1 fully saturated rings. The predicted molar refractivity (Wildman–Crippen MR) is 36.4 cm³/mol. The van der Waals surface area contributed by atoms with Gasteiger partial charge in [0.1, 0.15) is 6.61 Å². The van der Waals surface area contributed by atoms with Gasteiger partial charge in [-0.3, -0.25) is 5.43 Å². The average Bonchev–Trinajstić information content (AvgIpc) is 2.10. The fraction of sp³-hybridized carbons (Fsp3) is 1.00. The molecule has 0 aromatic rings. The molecule has 1 aliphatic rings. The molecule has 66 valence electrons. The highest BCUT2D eigenvalue weighted by molar-refractivity contribution is 4.72. The largest absolute Gasteiger partial charge is 0.374 e. The number of nitrogens with zero attached hydrogens (tertiary/aromatic N) is 1. The molecule has 1 aliphatic heterocycles. The van der Waals surface area contributed by atoms with Gasteiger partial charge < -0.3 is 4.74 Å². The van der Waals surface area contributed by atoms with Crippen molar-refractivity contribution in [3.05, 3.63) is 0 Å². The lowest BCUT2D eigenvalue weighted by molar-refractivity contribution is -0.0719. The molecule has 0 unspecified atom stereocenters. The van der Waals surface area contributed by atoms with E-state index in [1.807, 2.05) is 0 Å². The minimum Gasteiger partial charge on any atom is -0.374 e. The summed E-state index contributed by atoms with van der Waals surface area (Å²) >= 11 is 0. The van der Waals surface area contributed by atoms with Gasteiger partial charge >= 0.3 is 0 Å². The van der Waals surface area contributed by atoms with Gasteiger partial charge in [-0.05, 0) is 7.05 Å². The molecule has 1 heterocycles. The van der Waals surface area contributed by atoms with Crippen LogP contribution in [0.3, 0.4) is 0 Å². The van der Waals surface area contributed by atoms with E-state index < -0.39 is 12.5 Å². The Labute approximate surface area is 64.3 Å². The Balaban J connectivity index is 2.47. The van der Waals surface area contributed by atoms with Crippen LogP contribution in [-0.4, -0.2) is 44.3 Å². The highest BCUT2D eigenvalue weighted by atomic mass is 19.3. The smallest absolute Gasteiger partial charge is 0.284 e. The summed E-state index contributed by atoms with van der Waals surface area (Å²) in [6.07, 6.45) is 0. The molecule has 1 saturated heterocycles. The Morgan fingerprint density at radius 1 is 1.55 bits per heavy atom. The van der Waals surface area contributed by atoms with Crippen LogP contribution < -0.4 is 5.43 Å². The fourth-order valence-electron chi connectivity index (χ4n) is 0.991. The minimum absolute atomic E-state index is 0.274. The van der Waals surface area contributed by atoms with Crippen LogP contribution >= 0.6 is 0 Å². The molecule has 3 nitrogen and oxygen atoms in total. The van der Waals surface area contributed by atoms with Crippen molar-refractivity contribution in [3.63, 3.8) is 0 Å². The maximum absolute atomic E-state index is 12.7. The van der Waals surface area contributed by atoms with Crippen LogP contribution in [0, 0.1) is 0 Å². The average molecular weight is 166 g/mol. The van der Waals surface area contributed by atoms with Gasteiger partial charge in [-0.15, -0.1) is 0 Å². The maximum atomic E-state index is 12.7. The summed E-state index contributed by atoms with van der Waals surface area (Å²) in [5.41, 5.74) is 2.67. The van der Waals surface area contributed by atoms with Crippen molar-refractivity contribution in [3.8, 4) is 0 Å². The third-order valence-electron chi connectivity index (χ3n) is 1.56. The molecule has 0 aromatic heterocycles. The number of halogens is 2. The Hall–Kier alpha value is -0.260. The second-order valence-corrected chi connectivity index (χ2v) is 2.55. The molecule has 0 spiro atoms. The highest BCUT2D eigenvalue weighted by Gasteiger charge is 2.33. The van der Waals surface area contributed by atoms with Crippen molar-refractivity contribution < 1.29 is 13.5 Å². The van der Waals surface area contributed by atoms with Crippen molar-refractivity contribution in [1.82, 2.24) is 10.4 Å². The number of hydrogen-bond donors (Lipinski definition) is 1. The van der Waals surface area contributed by atoms with Gasteiger partial charge in [0.05, 0.1) is 13.2 Å². The maximum Gasteiger partial charge on any atom is 0.284 e. The standard InChI is InChI=1S/C6H12F2N2O/c1-9-10-2-3-11-5-6(7,8)4-10/h9H,2-5H2,1H3. The quantitative estimate of drug-likeness (QED) is 0.597. The first-order valence-electron chi connectivity index (χ1n) is 3.52. The molecule has 11 heavy (non-hydrogen) atoms. The molecule has 0 bridgehead atoms. The summed E-state index contributed by atoms with van der Waals surface area (Å²) in [5.74, 6) is -2.72. The molecule has 0 radical (unpaired) electrons. The van der Waals surface area contributed by atoms with E-state index in [1.165, 1.54) is 5.01 Å². The minimum atomic E-state index is -2.72. The van der Waals surface area contributed by atoms with E-state index >= 15 is 0 Å². The molecular formula is C6H12F2N2O. The Kier molecular flexibility index (Phi) is 2.75. The number of ether oxygens (including phenoxy) is 1. The Morgan fingerprint density at radius 2 is 2.27 bits per heavy atom. The summed E-state index contributed by atoms with van der Waals surface area (Å²) in [6, 6.07) is 0. The topological polar surface area (TPSA) is 24.5 Å². The van der Waals surface area contributed by atoms with Gasteiger partial charge in [-0.25, -0.2) is 13.8 Å². The van der Waals surface area contributed by atoms with Crippen LogP contribution in [0.15, 0.2) is 0 Å².